The molecule has 7 heterocycles. The van der Waals surface area contributed by atoms with E-state index in [1.807, 2.05) is 11.8 Å². The van der Waals surface area contributed by atoms with Gasteiger partial charge in [-0.05, 0) is 275 Å². The molecule has 9 saturated carbocycles. The molecule has 0 spiro atoms. The molecule has 16 bridgehead atoms. The normalized spacial score (nSPS) is 46.3. The predicted octanol–water partition coefficient (Wildman–Crippen LogP) is 18.6. The van der Waals surface area contributed by atoms with Crippen molar-refractivity contribution < 1.29 is 9.53 Å². The first-order chi connectivity index (χ1) is 35.1. The van der Waals surface area contributed by atoms with Crippen LogP contribution < -0.4 is 0 Å². The van der Waals surface area contributed by atoms with E-state index in [9.17, 15) is 4.79 Å². The lowest BCUT2D eigenvalue weighted by atomic mass is 9.34. The zero-order chi connectivity index (χ0) is 55.3. The maximum absolute atomic E-state index is 11.9. The molecular formula is C71H127N3O2. The van der Waals surface area contributed by atoms with Gasteiger partial charge in [-0.3, -0.25) is 0 Å². The minimum Gasteiger partial charge on any atom is -0.450 e. The lowest BCUT2D eigenvalue weighted by molar-refractivity contribution is -0.216. The summed E-state index contributed by atoms with van der Waals surface area (Å²) in [6, 6.07) is 0.856. The van der Waals surface area contributed by atoms with E-state index in [1.54, 1.807) is 32.1 Å². The highest BCUT2D eigenvalue weighted by molar-refractivity contribution is 5.69. The van der Waals surface area contributed by atoms with Crippen molar-refractivity contribution in [1.29, 1.82) is 0 Å². The minimum atomic E-state index is -0.0904. The molecule has 16 rings (SSSR count). The Hall–Kier alpha value is -0.810. The zero-order valence-electron chi connectivity index (χ0n) is 54.0. The molecule has 9 atom stereocenters. The van der Waals surface area contributed by atoms with Gasteiger partial charge in [0.15, 0.2) is 0 Å². The molecule has 5 nitrogen and oxygen atoms in total. The van der Waals surface area contributed by atoms with Gasteiger partial charge in [0.2, 0.25) is 0 Å². The predicted molar refractivity (Wildman–Crippen MR) is 322 cm³/mol. The molecule has 7 aliphatic heterocycles. The van der Waals surface area contributed by atoms with Crippen LogP contribution in [0.1, 0.15) is 260 Å². The Morgan fingerprint density at radius 3 is 1.41 bits per heavy atom. The summed E-state index contributed by atoms with van der Waals surface area (Å²) in [5.41, 5.74) is 4.40. The zero-order valence-corrected chi connectivity index (χ0v) is 54.0. The van der Waals surface area contributed by atoms with Gasteiger partial charge >= 0.3 is 6.09 Å². The minimum absolute atomic E-state index is 0.0904. The number of carbonyl (C=O) groups excluding carboxylic acids is 1. The number of rotatable bonds is 1. The smallest absolute Gasteiger partial charge is 0.410 e. The molecule has 16 fully saturated rings. The first kappa shape index (κ1) is 59.8. The summed E-state index contributed by atoms with van der Waals surface area (Å²) in [6.45, 7) is 54.9. The standard InChI is InChI=1S/C17H30.C14H25NO2.C14H24.C13H23N.C13H25N/c1-14(2,3)13-16(5)8-12-7-15(4,10-16)11-17(13,6)9-12;1-5-17-13(16)15-11-6-7-12(15)9-10(8-11)14(2,3)4;1-14(2,3)13-11-5-9-4-10(7-11)8-12(13)6-9;1-13(2,3)12-10-4-9-5-11(12)8-14(6-9)7-10;1-13(2,3)12-9-11-5-4-7-14(10-12)8-6-11/h12-13H,7-11H2,1-6H3;10-12H,5-9H2,1-4H3;9-13H,4-8H2,1-3H3;9-12H,4-8H2,1-3H3;11-12H,4-10H2,1-3H3. The van der Waals surface area contributed by atoms with E-state index < -0.39 is 0 Å². The van der Waals surface area contributed by atoms with Crippen LogP contribution in [0.4, 0.5) is 4.79 Å². The third-order valence-electron chi connectivity index (χ3n) is 24.9. The number of carbonyl (C=O) groups is 1. The molecule has 438 valence electrons. The Labute approximate surface area is 472 Å². The van der Waals surface area contributed by atoms with Gasteiger partial charge in [0.05, 0.1) is 6.61 Å². The first-order valence-corrected chi connectivity index (χ1v) is 33.5. The summed E-state index contributed by atoms with van der Waals surface area (Å²) in [5.74, 6) is 14.3. The van der Waals surface area contributed by atoms with Crippen LogP contribution in [0.5, 0.6) is 0 Å². The molecule has 0 N–H and O–H groups in total. The van der Waals surface area contributed by atoms with Crippen molar-refractivity contribution in [2.45, 2.75) is 272 Å². The number of fused-ring (bicyclic) bond motifs is 5. The average molecular weight is 1050 g/mol. The van der Waals surface area contributed by atoms with Crippen LogP contribution in [0.3, 0.4) is 0 Å². The Balaban J connectivity index is 0.000000116. The quantitative estimate of drug-likeness (QED) is 0.262. The molecule has 9 aliphatic carbocycles. The lowest BCUT2D eigenvalue weighted by Gasteiger charge is -2.71. The molecule has 0 aromatic carbocycles. The van der Waals surface area contributed by atoms with Crippen LogP contribution in [-0.4, -0.2) is 78.8 Å². The number of piperidine rings is 4. The van der Waals surface area contributed by atoms with E-state index in [0.29, 0.717) is 62.0 Å². The van der Waals surface area contributed by atoms with Crippen molar-refractivity contribution >= 4 is 6.09 Å². The van der Waals surface area contributed by atoms with Crippen LogP contribution in [0, 0.1) is 126 Å². The SMILES string of the molecule is CC(C)(C)C1C2CC3CC(C2)CC1C3.CC(C)(C)C1C2CC3CC1CN(C3)C2.CC(C)(C)C1CC2CCCN(CC2)C1.CC12CC3CC(C)(C1)C(C(C)(C)C)C(C)(C3)C2.CCOC(=O)N1C2CCC1CC(C(C)(C)C)C2. The molecule has 0 aromatic heterocycles. The molecule has 0 aromatic rings. The van der Waals surface area contributed by atoms with Gasteiger partial charge < -0.3 is 19.4 Å². The van der Waals surface area contributed by atoms with Crippen LogP contribution in [0.25, 0.3) is 0 Å². The van der Waals surface area contributed by atoms with E-state index in [4.69, 9.17) is 4.74 Å². The first-order valence-electron chi connectivity index (χ1n) is 33.5. The van der Waals surface area contributed by atoms with Crippen LogP contribution >= 0.6 is 0 Å². The highest BCUT2D eigenvalue weighted by atomic mass is 16.6. The second-order valence-corrected chi connectivity index (χ2v) is 37.0. The lowest BCUT2D eigenvalue weighted by Crippen LogP contribution is -2.62. The Kier molecular flexibility index (Phi) is 17.1. The highest BCUT2D eigenvalue weighted by Gasteiger charge is 2.66. The van der Waals surface area contributed by atoms with Crippen molar-refractivity contribution in [2.75, 3.05) is 45.9 Å². The van der Waals surface area contributed by atoms with Crippen molar-refractivity contribution in [3.63, 3.8) is 0 Å². The summed E-state index contributed by atoms with van der Waals surface area (Å²) in [6.07, 6.45) is 28.9. The Morgan fingerprint density at radius 2 is 0.961 bits per heavy atom. The van der Waals surface area contributed by atoms with Crippen molar-refractivity contribution in [2.24, 2.45) is 126 Å². The molecule has 7 saturated heterocycles. The van der Waals surface area contributed by atoms with E-state index in [2.05, 4.69) is 134 Å². The fourth-order valence-corrected chi connectivity index (χ4v) is 24.5. The Bertz CT molecular complexity index is 1790. The number of amides is 1. The van der Waals surface area contributed by atoms with Gasteiger partial charge in [0.1, 0.15) is 0 Å². The van der Waals surface area contributed by atoms with Gasteiger partial charge in [0.25, 0.3) is 0 Å². The summed E-state index contributed by atoms with van der Waals surface area (Å²) < 4.78 is 5.17. The summed E-state index contributed by atoms with van der Waals surface area (Å²) in [4.78, 5) is 19.4. The van der Waals surface area contributed by atoms with E-state index in [0.717, 1.165) is 109 Å². The topological polar surface area (TPSA) is 36.0 Å². The second-order valence-electron chi connectivity index (χ2n) is 37.0. The van der Waals surface area contributed by atoms with Crippen molar-refractivity contribution in [3.05, 3.63) is 0 Å². The number of hydrogen-bond donors (Lipinski definition) is 0. The monoisotopic (exact) mass is 1050 g/mol. The third-order valence-corrected chi connectivity index (χ3v) is 24.9. The summed E-state index contributed by atoms with van der Waals surface area (Å²) >= 11 is 0. The molecular weight excluding hydrogens is 927 g/mol. The number of nitrogens with zero attached hydrogens (tertiary/aromatic N) is 3. The fraction of sp³-hybridized carbons (Fsp3) is 0.986. The Morgan fingerprint density at radius 1 is 0.461 bits per heavy atom. The van der Waals surface area contributed by atoms with E-state index in [-0.39, 0.29) is 6.09 Å². The second kappa shape index (κ2) is 21.7. The summed E-state index contributed by atoms with van der Waals surface area (Å²) in [7, 11) is 0. The molecule has 0 radical (unpaired) electrons. The van der Waals surface area contributed by atoms with Crippen molar-refractivity contribution in [1.82, 2.24) is 14.7 Å². The van der Waals surface area contributed by atoms with Crippen LogP contribution in [0.15, 0.2) is 0 Å². The fourth-order valence-electron chi connectivity index (χ4n) is 24.5. The maximum Gasteiger partial charge on any atom is 0.410 e. The molecule has 5 heteroatoms. The average Bonchev–Trinajstić information content (AvgIpc) is 3.41. The van der Waals surface area contributed by atoms with Gasteiger partial charge in [-0.1, -0.05) is 125 Å². The molecule has 9 unspecified atom stereocenters. The van der Waals surface area contributed by atoms with Crippen LogP contribution in [-0.2, 0) is 4.74 Å². The number of hydrogen-bond acceptors (Lipinski definition) is 4. The van der Waals surface area contributed by atoms with E-state index >= 15 is 0 Å². The third kappa shape index (κ3) is 13.0. The summed E-state index contributed by atoms with van der Waals surface area (Å²) in [5, 5.41) is 0. The van der Waals surface area contributed by atoms with Crippen LogP contribution in [0.2, 0.25) is 0 Å². The van der Waals surface area contributed by atoms with Gasteiger partial charge in [-0.15, -0.1) is 0 Å². The van der Waals surface area contributed by atoms with Crippen molar-refractivity contribution in [3.8, 4) is 0 Å². The largest absolute Gasteiger partial charge is 0.450 e. The molecule has 76 heavy (non-hydrogen) atoms. The van der Waals surface area contributed by atoms with Gasteiger partial charge in [-0.2, -0.15) is 0 Å². The highest BCUT2D eigenvalue weighted by Crippen LogP contribution is 2.75. The molecule has 1 amide bonds. The molecule has 16 aliphatic rings. The maximum atomic E-state index is 11.9. The number of ether oxygens (including phenoxy) is 1. The van der Waals surface area contributed by atoms with E-state index in [1.165, 1.54) is 110 Å². The van der Waals surface area contributed by atoms with Gasteiger partial charge in [-0.25, -0.2) is 4.79 Å². The van der Waals surface area contributed by atoms with Gasteiger partial charge in [0, 0.05) is 38.3 Å².